The van der Waals surface area contributed by atoms with Crippen LogP contribution in [0.2, 0.25) is 0 Å². The Hall–Kier alpha value is -3.01. The molecule has 1 amide bonds. The Kier molecular flexibility index (Phi) is 4.13. The van der Waals surface area contributed by atoms with Gasteiger partial charge in [-0.3, -0.25) is 15.0 Å². The third-order valence-corrected chi connectivity index (χ3v) is 5.02. The number of nitrogens with one attached hydrogen (secondary N) is 1. The highest BCUT2D eigenvalue weighted by atomic mass is 16.2. The first-order valence-corrected chi connectivity index (χ1v) is 8.08. The van der Waals surface area contributed by atoms with Crippen LogP contribution >= 0.6 is 0 Å². The van der Waals surface area contributed by atoms with E-state index in [9.17, 15) is 9.59 Å². The van der Waals surface area contributed by atoms with Crippen LogP contribution in [0.15, 0.2) is 60.7 Å². The number of piperidine rings is 1. The lowest BCUT2D eigenvalue weighted by atomic mass is 9.70. The van der Waals surface area contributed by atoms with E-state index in [1.165, 1.54) is 4.90 Å². The van der Waals surface area contributed by atoms with Crippen LogP contribution in [0.25, 0.3) is 11.1 Å². The molecule has 1 heterocycles. The molecule has 1 fully saturated rings. The predicted octanol–water partition coefficient (Wildman–Crippen LogP) is 3.82. The number of rotatable bonds is 3. The molecule has 0 unspecified atom stereocenters. The molecule has 4 heteroatoms. The van der Waals surface area contributed by atoms with Crippen molar-refractivity contribution in [2.45, 2.75) is 18.8 Å². The molecule has 0 saturated carbocycles. The number of carbonyl (C=O) groups is 2. The number of amidine groups is 1. The number of carbonyl (C=O) groups excluding carboxylic acids is 2. The molecule has 1 N–H and O–H groups in total. The lowest BCUT2D eigenvalue weighted by molar-refractivity contribution is -0.128. The molecule has 25 heavy (non-hydrogen) atoms. The summed E-state index contributed by atoms with van der Waals surface area (Å²) < 4.78 is 0. The number of likely N-dealkylation sites (N-methyl/N-ethyl adjacent to an activating group) is 1. The molecule has 4 nitrogen and oxygen atoms in total. The standard InChI is InChI=1S/C21H20N2O2/c1-14-20(22)23(3)19(25)12-21(14,2)18-9-5-8-17(11-18)16-7-4-6-15(10-16)13-24/h4-11,13,22H,1,12H2,2-3H3/t21-/m1/s1. The topological polar surface area (TPSA) is 61.2 Å². The summed E-state index contributed by atoms with van der Waals surface area (Å²) in [6.07, 6.45) is 1.11. The van der Waals surface area contributed by atoms with Crippen molar-refractivity contribution in [2.24, 2.45) is 0 Å². The van der Waals surface area contributed by atoms with Crippen molar-refractivity contribution in [3.05, 3.63) is 71.8 Å². The van der Waals surface area contributed by atoms with Crippen LogP contribution in [0.4, 0.5) is 0 Å². The van der Waals surface area contributed by atoms with Gasteiger partial charge in [-0.15, -0.1) is 0 Å². The summed E-state index contributed by atoms with van der Waals surface area (Å²) in [5.74, 6) is 0.0698. The third kappa shape index (κ3) is 2.80. The molecule has 0 spiro atoms. The molecule has 0 aromatic heterocycles. The van der Waals surface area contributed by atoms with Gasteiger partial charge in [0.15, 0.2) is 0 Å². The Labute approximate surface area is 147 Å². The average molecular weight is 332 g/mol. The van der Waals surface area contributed by atoms with E-state index in [4.69, 9.17) is 5.41 Å². The van der Waals surface area contributed by atoms with Gasteiger partial charge in [0.2, 0.25) is 5.91 Å². The van der Waals surface area contributed by atoms with Gasteiger partial charge < -0.3 is 4.90 Å². The van der Waals surface area contributed by atoms with E-state index < -0.39 is 5.41 Å². The molecule has 2 aromatic carbocycles. The molecule has 1 aliphatic heterocycles. The molecular formula is C21H20N2O2. The molecule has 126 valence electrons. The third-order valence-electron chi connectivity index (χ3n) is 5.02. The van der Waals surface area contributed by atoms with Gasteiger partial charge in [-0.25, -0.2) is 0 Å². The predicted molar refractivity (Wildman–Crippen MR) is 98.9 cm³/mol. The lowest BCUT2D eigenvalue weighted by Gasteiger charge is -2.40. The van der Waals surface area contributed by atoms with Gasteiger partial charge in [0, 0.05) is 24.4 Å². The lowest BCUT2D eigenvalue weighted by Crippen LogP contribution is -2.48. The second-order valence-corrected chi connectivity index (χ2v) is 6.61. The molecule has 3 rings (SSSR count). The highest BCUT2D eigenvalue weighted by Crippen LogP contribution is 2.40. The Bertz CT molecular complexity index is 900. The smallest absolute Gasteiger partial charge is 0.229 e. The highest BCUT2D eigenvalue weighted by Gasteiger charge is 2.41. The molecule has 1 saturated heterocycles. The van der Waals surface area contributed by atoms with E-state index >= 15 is 0 Å². The maximum absolute atomic E-state index is 12.3. The first-order valence-electron chi connectivity index (χ1n) is 8.08. The van der Waals surface area contributed by atoms with E-state index in [1.54, 1.807) is 13.1 Å². The van der Waals surface area contributed by atoms with Crippen molar-refractivity contribution in [1.29, 1.82) is 5.41 Å². The summed E-state index contributed by atoms with van der Waals surface area (Å²) in [6.45, 7) is 6.03. The fourth-order valence-electron chi connectivity index (χ4n) is 3.23. The number of likely N-dealkylation sites (tertiary alicyclic amines) is 1. The second-order valence-electron chi connectivity index (χ2n) is 6.61. The van der Waals surface area contributed by atoms with Crippen molar-refractivity contribution in [3.8, 4) is 11.1 Å². The van der Waals surface area contributed by atoms with E-state index in [1.807, 2.05) is 49.4 Å². The van der Waals surface area contributed by atoms with Gasteiger partial charge in [-0.1, -0.05) is 56.0 Å². The van der Waals surface area contributed by atoms with E-state index in [0.29, 0.717) is 11.1 Å². The Morgan fingerprint density at radius 3 is 2.48 bits per heavy atom. The monoisotopic (exact) mass is 332 g/mol. The molecule has 1 aliphatic rings. The van der Waals surface area contributed by atoms with Crippen molar-refractivity contribution in [3.63, 3.8) is 0 Å². The van der Waals surface area contributed by atoms with Crippen LogP contribution in [0.3, 0.4) is 0 Å². The zero-order valence-corrected chi connectivity index (χ0v) is 14.4. The number of amides is 1. The largest absolute Gasteiger partial charge is 0.300 e. The quantitative estimate of drug-likeness (QED) is 0.869. The number of benzene rings is 2. The van der Waals surface area contributed by atoms with E-state index in [-0.39, 0.29) is 18.2 Å². The molecule has 0 bridgehead atoms. The zero-order chi connectivity index (χ0) is 18.2. The summed E-state index contributed by atoms with van der Waals surface area (Å²) >= 11 is 0. The first-order chi connectivity index (χ1) is 11.9. The maximum Gasteiger partial charge on any atom is 0.229 e. The maximum atomic E-state index is 12.3. The summed E-state index contributed by atoms with van der Waals surface area (Å²) in [7, 11) is 1.61. The SMILES string of the molecule is C=C1C(=N)N(C)C(=O)C[C@@]1(C)c1cccc(-c2cccc(C=O)c2)c1. The zero-order valence-electron chi connectivity index (χ0n) is 14.4. The van der Waals surface area contributed by atoms with Crippen molar-refractivity contribution >= 4 is 18.0 Å². The van der Waals surface area contributed by atoms with Gasteiger partial charge in [0.05, 0.1) is 0 Å². The van der Waals surface area contributed by atoms with Crippen molar-refractivity contribution < 1.29 is 9.59 Å². The van der Waals surface area contributed by atoms with Crippen LogP contribution in [0, 0.1) is 5.41 Å². The van der Waals surface area contributed by atoms with Gasteiger partial charge in [-0.2, -0.15) is 0 Å². The van der Waals surface area contributed by atoms with Crippen molar-refractivity contribution in [1.82, 2.24) is 4.90 Å². The number of nitrogens with zero attached hydrogens (tertiary/aromatic N) is 1. The van der Waals surface area contributed by atoms with Crippen LogP contribution in [0.1, 0.15) is 29.3 Å². The van der Waals surface area contributed by atoms with Gasteiger partial charge >= 0.3 is 0 Å². The minimum atomic E-state index is -0.612. The number of hydrogen-bond acceptors (Lipinski definition) is 3. The Morgan fingerprint density at radius 1 is 1.16 bits per heavy atom. The minimum absolute atomic E-state index is 0.0896. The summed E-state index contributed by atoms with van der Waals surface area (Å²) in [4.78, 5) is 24.7. The van der Waals surface area contributed by atoms with E-state index in [0.717, 1.165) is 23.0 Å². The highest BCUT2D eigenvalue weighted by molar-refractivity contribution is 6.10. The fraction of sp³-hybridized carbons (Fsp3) is 0.190. The number of hydrogen-bond donors (Lipinski definition) is 1. The second kappa shape index (κ2) is 6.13. The first kappa shape index (κ1) is 16.8. The number of aldehydes is 1. The normalized spacial score (nSPS) is 20.7. The van der Waals surface area contributed by atoms with E-state index in [2.05, 4.69) is 6.58 Å². The molecule has 0 radical (unpaired) electrons. The van der Waals surface area contributed by atoms with Gasteiger partial charge in [-0.05, 0) is 28.3 Å². The molecular weight excluding hydrogens is 312 g/mol. The fourth-order valence-corrected chi connectivity index (χ4v) is 3.23. The summed E-state index contributed by atoms with van der Waals surface area (Å²) in [6, 6.07) is 15.3. The average Bonchev–Trinajstić information content (AvgIpc) is 2.65. The van der Waals surface area contributed by atoms with Gasteiger partial charge in [0.25, 0.3) is 0 Å². The van der Waals surface area contributed by atoms with Crippen molar-refractivity contribution in [2.75, 3.05) is 7.05 Å². The van der Waals surface area contributed by atoms with Crippen LogP contribution in [0.5, 0.6) is 0 Å². The minimum Gasteiger partial charge on any atom is -0.300 e. The molecule has 1 atom stereocenters. The van der Waals surface area contributed by atoms with Crippen LogP contribution in [-0.2, 0) is 10.2 Å². The van der Waals surface area contributed by atoms with Crippen LogP contribution < -0.4 is 0 Å². The summed E-state index contributed by atoms with van der Waals surface area (Å²) in [5, 5.41) is 8.17. The van der Waals surface area contributed by atoms with Crippen LogP contribution in [-0.4, -0.2) is 30.0 Å². The Balaban J connectivity index is 2.06. The summed E-state index contributed by atoms with van der Waals surface area (Å²) in [5.41, 5.74) is 3.49. The Morgan fingerprint density at radius 2 is 1.80 bits per heavy atom. The molecule has 0 aliphatic carbocycles. The van der Waals surface area contributed by atoms with Gasteiger partial charge in [0.1, 0.15) is 12.1 Å². The molecule has 2 aromatic rings.